The predicted molar refractivity (Wildman–Crippen MR) is 166 cm³/mol. The molecule has 0 aliphatic carbocycles. The van der Waals surface area contributed by atoms with Crippen LogP contribution in [0.15, 0.2) is 71.0 Å². The number of esters is 1. The normalized spacial score (nSPS) is 19.1. The Morgan fingerprint density at radius 2 is 1.72 bits per heavy atom. The number of methoxy groups -OCH3 is 2. The number of carbonyl (C=O) groups excluding carboxylic acids is 3. The zero-order valence-corrected chi connectivity index (χ0v) is 26.0. The lowest BCUT2D eigenvalue weighted by molar-refractivity contribution is -0.145. The molecule has 43 heavy (non-hydrogen) atoms. The van der Waals surface area contributed by atoms with Crippen LogP contribution in [-0.2, 0) is 32.0 Å². The molecule has 3 aliphatic rings. The van der Waals surface area contributed by atoms with Gasteiger partial charge in [0.2, 0.25) is 11.8 Å². The first-order valence-corrected chi connectivity index (χ1v) is 15.0. The molecule has 0 aromatic heterocycles. The number of halogens is 1. The topological polar surface area (TPSA) is 131 Å². The van der Waals surface area contributed by atoms with Gasteiger partial charge < -0.3 is 24.8 Å². The molecule has 2 N–H and O–H groups in total. The number of hydrogen-bond donors (Lipinski definition) is 2. The summed E-state index contributed by atoms with van der Waals surface area (Å²) in [6, 6.07) is 15.7. The number of nitrogens with one attached hydrogen (secondary N) is 2. The Morgan fingerprint density at radius 1 is 0.977 bits per heavy atom. The lowest BCUT2D eigenvalue weighted by Gasteiger charge is -2.23. The van der Waals surface area contributed by atoms with Crippen LogP contribution < -0.4 is 20.1 Å². The maximum Gasteiger partial charge on any atom is 0.328 e. The molecule has 12 heteroatoms. The zero-order valence-electron chi connectivity index (χ0n) is 23.8. The van der Waals surface area contributed by atoms with Crippen molar-refractivity contribution in [3.05, 3.63) is 80.9 Å². The van der Waals surface area contributed by atoms with Gasteiger partial charge in [0.1, 0.15) is 29.3 Å². The van der Waals surface area contributed by atoms with Crippen LogP contribution >= 0.6 is 22.6 Å². The first-order valence-electron chi connectivity index (χ1n) is 13.9. The molecule has 6 rings (SSSR count). The van der Waals surface area contributed by atoms with Crippen LogP contribution in [0.1, 0.15) is 35.6 Å². The quantitative estimate of drug-likeness (QED) is 0.223. The van der Waals surface area contributed by atoms with Crippen molar-refractivity contribution >= 4 is 46.1 Å². The van der Waals surface area contributed by atoms with Gasteiger partial charge >= 0.3 is 5.97 Å². The van der Waals surface area contributed by atoms with Crippen molar-refractivity contribution in [1.29, 1.82) is 0 Å². The molecular formula is C31H32IN5O6. The first-order chi connectivity index (χ1) is 20.8. The van der Waals surface area contributed by atoms with Crippen LogP contribution in [0.2, 0.25) is 0 Å². The van der Waals surface area contributed by atoms with Crippen molar-refractivity contribution < 1.29 is 28.6 Å². The average molecular weight is 698 g/mol. The highest BCUT2D eigenvalue weighted by atomic mass is 127. The second kappa shape index (κ2) is 13.8. The number of nitrogens with zero attached hydrogens (tertiary/aromatic N) is 3. The van der Waals surface area contributed by atoms with Crippen LogP contribution in [0.3, 0.4) is 0 Å². The number of ether oxygens (including phenoxy) is 3. The van der Waals surface area contributed by atoms with Gasteiger partial charge in [-0.05, 0) is 88.5 Å². The highest BCUT2D eigenvalue weighted by molar-refractivity contribution is 14.1. The second-order valence-corrected chi connectivity index (χ2v) is 11.4. The first kappa shape index (κ1) is 30.3. The Labute approximate surface area is 263 Å². The molecule has 2 atom stereocenters. The third-order valence-corrected chi connectivity index (χ3v) is 8.06. The van der Waals surface area contributed by atoms with Gasteiger partial charge in [-0.25, -0.2) is 4.79 Å². The van der Waals surface area contributed by atoms with Gasteiger partial charge in [0.05, 0.1) is 24.2 Å². The summed E-state index contributed by atoms with van der Waals surface area (Å²) in [5.74, 6) is 0.0767. The molecule has 1 fully saturated rings. The van der Waals surface area contributed by atoms with Crippen LogP contribution in [-0.4, -0.2) is 56.1 Å². The van der Waals surface area contributed by atoms with E-state index < -0.39 is 29.9 Å². The van der Waals surface area contributed by atoms with Crippen LogP contribution in [0, 0.1) is 3.57 Å². The van der Waals surface area contributed by atoms with Gasteiger partial charge in [-0.3, -0.25) is 14.6 Å². The fourth-order valence-corrected chi connectivity index (χ4v) is 5.70. The number of carbonyl (C=O) groups is 3. The molecule has 0 unspecified atom stereocenters. The van der Waals surface area contributed by atoms with Crippen LogP contribution in [0.25, 0.3) is 0 Å². The van der Waals surface area contributed by atoms with Gasteiger partial charge in [0, 0.05) is 19.5 Å². The largest absolute Gasteiger partial charge is 0.496 e. The van der Waals surface area contributed by atoms with E-state index in [4.69, 9.17) is 14.2 Å². The lowest BCUT2D eigenvalue weighted by atomic mass is 10.0. The van der Waals surface area contributed by atoms with E-state index in [0.717, 1.165) is 35.1 Å². The molecule has 0 saturated carbocycles. The summed E-state index contributed by atoms with van der Waals surface area (Å²) in [4.78, 5) is 39.8. The summed E-state index contributed by atoms with van der Waals surface area (Å²) < 4.78 is 17.3. The molecule has 3 aromatic rings. The highest BCUT2D eigenvalue weighted by Gasteiger charge is 2.29. The number of amides is 2. The monoisotopic (exact) mass is 697 g/mol. The van der Waals surface area contributed by atoms with E-state index in [2.05, 4.69) is 43.6 Å². The molecule has 11 nitrogen and oxygen atoms in total. The molecule has 3 aliphatic heterocycles. The minimum absolute atomic E-state index is 0.0314. The molecule has 3 heterocycles. The van der Waals surface area contributed by atoms with Gasteiger partial charge in [0.25, 0.3) is 0 Å². The molecule has 2 amide bonds. The number of hydrogen-bond acceptors (Lipinski definition) is 8. The van der Waals surface area contributed by atoms with E-state index in [1.807, 2.05) is 17.1 Å². The summed E-state index contributed by atoms with van der Waals surface area (Å²) in [5, 5.41) is 16.3. The van der Waals surface area contributed by atoms with Crippen molar-refractivity contribution in [2.75, 3.05) is 27.3 Å². The van der Waals surface area contributed by atoms with E-state index in [1.165, 1.54) is 7.11 Å². The maximum absolute atomic E-state index is 13.7. The third-order valence-electron chi connectivity index (χ3n) is 7.22. The Hall–Kier alpha value is -4.20. The highest BCUT2D eigenvalue weighted by Crippen LogP contribution is 2.34. The fourth-order valence-electron chi connectivity index (χ4n) is 4.94. The van der Waals surface area contributed by atoms with Crippen molar-refractivity contribution in [3.63, 3.8) is 0 Å². The summed E-state index contributed by atoms with van der Waals surface area (Å²) in [6.45, 7) is 1.71. The third kappa shape index (κ3) is 7.61. The van der Waals surface area contributed by atoms with Crippen molar-refractivity contribution in [2.24, 2.45) is 10.3 Å². The van der Waals surface area contributed by atoms with Crippen molar-refractivity contribution in [1.82, 2.24) is 15.6 Å². The van der Waals surface area contributed by atoms with Gasteiger partial charge in [-0.2, -0.15) is 0 Å². The summed E-state index contributed by atoms with van der Waals surface area (Å²) in [5.41, 5.74) is 2.49. The average Bonchev–Trinajstić information content (AvgIpc) is 3.53. The maximum atomic E-state index is 13.7. The Morgan fingerprint density at radius 3 is 2.42 bits per heavy atom. The molecule has 0 spiro atoms. The summed E-state index contributed by atoms with van der Waals surface area (Å²) in [6.07, 6.45) is 2.29. The summed E-state index contributed by atoms with van der Waals surface area (Å²) >= 11 is 2.11. The Bertz CT molecular complexity index is 1520. The van der Waals surface area contributed by atoms with Crippen molar-refractivity contribution in [2.45, 2.75) is 37.8 Å². The Balaban J connectivity index is 1.52. The number of fused-ring (bicyclic) bond motifs is 9. The molecule has 4 bridgehead atoms. The van der Waals surface area contributed by atoms with Gasteiger partial charge in [-0.15, -0.1) is 5.11 Å². The second-order valence-electron chi connectivity index (χ2n) is 10.3. The van der Waals surface area contributed by atoms with Gasteiger partial charge in [-0.1, -0.05) is 29.5 Å². The van der Waals surface area contributed by atoms with E-state index in [1.54, 1.807) is 55.6 Å². The van der Waals surface area contributed by atoms with Crippen molar-refractivity contribution in [3.8, 4) is 17.2 Å². The molecule has 224 valence electrons. The minimum atomic E-state index is -1.08. The molecule has 3 aromatic carbocycles. The smallest absolute Gasteiger partial charge is 0.328 e. The molecule has 1 saturated heterocycles. The number of benzene rings is 3. The molecule has 0 radical (unpaired) electrons. The predicted octanol–water partition coefficient (Wildman–Crippen LogP) is 4.80. The van der Waals surface area contributed by atoms with Crippen LogP contribution in [0.5, 0.6) is 17.2 Å². The Kier molecular flexibility index (Phi) is 9.75. The minimum Gasteiger partial charge on any atom is -0.496 e. The van der Waals surface area contributed by atoms with Gasteiger partial charge in [0.15, 0.2) is 5.75 Å². The van der Waals surface area contributed by atoms with E-state index in [0.29, 0.717) is 34.1 Å². The number of rotatable bonds is 5. The molecular weight excluding hydrogens is 665 g/mol. The summed E-state index contributed by atoms with van der Waals surface area (Å²) in [7, 11) is 2.82. The standard InChI is InChI=1S/C31H32IN5O6/c1-41-26-12-8-21(18-23(26)32)29-30(39)33-25(31(40)42-2)15-19-5-9-22(10-6-19)43-27-16-20(17-28(38)34-29)7-11-24(27)35-36-37-13-3-4-14-37/h5-12,16,18,25,29H,3-4,13-15,17H2,1-2H3,(H,33,39)(H,34,38)/t25-,29-/m0/s1. The zero-order chi connectivity index (χ0) is 30.3. The van der Waals surface area contributed by atoms with E-state index in [9.17, 15) is 14.4 Å². The van der Waals surface area contributed by atoms with E-state index >= 15 is 0 Å². The van der Waals surface area contributed by atoms with Crippen LogP contribution in [0.4, 0.5) is 5.69 Å². The fraction of sp³-hybridized carbons (Fsp3) is 0.323. The SMILES string of the molecule is COC(=O)[C@@H]1Cc2ccc(cc2)Oc2cc(ccc2N=NN2CCCC2)CC(=O)N[C@@H](c2ccc(OC)c(I)c2)C(=O)N1. The lowest BCUT2D eigenvalue weighted by Crippen LogP contribution is -2.48. The van der Waals surface area contributed by atoms with E-state index in [-0.39, 0.29) is 12.8 Å².